The number of carbonyl (C=O) groups is 1. The van der Waals surface area contributed by atoms with Gasteiger partial charge in [0.05, 0.1) is 30.0 Å². The maximum Gasteiger partial charge on any atom is 0.253 e. The van der Waals surface area contributed by atoms with Crippen LogP contribution in [0, 0.1) is 19.8 Å². The molecule has 0 atom stereocenters. The highest BCUT2D eigenvalue weighted by atomic mass is 16.5. The fourth-order valence-electron chi connectivity index (χ4n) is 3.88. The first-order valence-electron chi connectivity index (χ1n) is 9.48. The minimum atomic E-state index is 0.00218. The number of rotatable bonds is 6. The Morgan fingerprint density at radius 2 is 2.04 bits per heavy atom. The molecule has 0 radical (unpaired) electrons. The molecule has 0 bridgehead atoms. The second kappa shape index (κ2) is 7.53. The van der Waals surface area contributed by atoms with Gasteiger partial charge in [-0.3, -0.25) is 9.78 Å². The molecule has 1 aliphatic carbocycles. The lowest BCUT2D eigenvalue weighted by Crippen LogP contribution is -2.39. The van der Waals surface area contributed by atoms with E-state index >= 15 is 0 Å². The second-order valence-electron chi connectivity index (χ2n) is 7.38. The number of nitrogens with one attached hydrogen (secondary N) is 1. The van der Waals surface area contributed by atoms with Gasteiger partial charge in [0.2, 0.25) is 0 Å². The predicted octanol–water partition coefficient (Wildman–Crippen LogP) is 3.68. The highest BCUT2D eigenvalue weighted by Gasteiger charge is 2.30. The molecule has 4 rings (SSSR count). The molecule has 2 aromatic heterocycles. The molecule has 0 unspecified atom stereocenters. The standard InChI is InChI=1S/C22H25N3O2/c1-15-20-13-23-8-9-25(20)16(2)21(15)22(26)24-12-18-10-19(11-18)27-14-17-6-4-3-5-7-17/h3-9,13,18-19H,10-12,14H2,1-2H3,(H,24,26). The molecule has 0 aliphatic heterocycles. The van der Waals surface area contributed by atoms with Gasteiger partial charge in [0.25, 0.3) is 5.91 Å². The summed E-state index contributed by atoms with van der Waals surface area (Å²) in [7, 11) is 0. The average Bonchev–Trinajstić information content (AvgIpc) is 2.92. The summed E-state index contributed by atoms with van der Waals surface area (Å²) < 4.78 is 7.96. The number of benzene rings is 1. The van der Waals surface area contributed by atoms with Gasteiger partial charge >= 0.3 is 0 Å². The average molecular weight is 363 g/mol. The molecule has 1 aromatic carbocycles. The molecule has 140 valence electrons. The number of nitrogens with zero attached hydrogens (tertiary/aromatic N) is 2. The third-order valence-corrected chi connectivity index (χ3v) is 5.54. The molecular formula is C22H25N3O2. The molecule has 5 heteroatoms. The van der Waals surface area contributed by atoms with Crippen molar-refractivity contribution in [2.24, 2.45) is 5.92 Å². The lowest BCUT2D eigenvalue weighted by atomic mass is 9.82. The Morgan fingerprint density at radius 1 is 1.26 bits per heavy atom. The maximum atomic E-state index is 12.7. The van der Waals surface area contributed by atoms with Crippen LogP contribution in [0.1, 0.15) is 40.0 Å². The van der Waals surface area contributed by atoms with E-state index in [0.29, 0.717) is 25.2 Å². The van der Waals surface area contributed by atoms with Gasteiger partial charge in [-0.25, -0.2) is 0 Å². The summed E-state index contributed by atoms with van der Waals surface area (Å²) in [5, 5.41) is 3.11. The van der Waals surface area contributed by atoms with E-state index in [-0.39, 0.29) is 5.91 Å². The zero-order chi connectivity index (χ0) is 18.8. The van der Waals surface area contributed by atoms with E-state index in [2.05, 4.69) is 22.4 Å². The van der Waals surface area contributed by atoms with Gasteiger partial charge in [-0.05, 0) is 43.7 Å². The van der Waals surface area contributed by atoms with Crippen LogP contribution in [0.5, 0.6) is 0 Å². The molecule has 5 nitrogen and oxygen atoms in total. The topological polar surface area (TPSA) is 55.6 Å². The first-order chi connectivity index (χ1) is 13.1. The van der Waals surface area contributed by atoms with Crippen molar-refractivity contribution >= 4 is 11.4 Å². The van der Waals surface area contributed by atoms with Gasteiger partial charge in [0, 0.05) is 24.6 Å². The van der Waals surface area contributed by atoms with E-state index < -0.39 is 0 Å². The molecule has 1 saturated carbocycles. The minimum absolute atomic E-state index is 0.00218. The van der Waals surface area contributed by atoms with Gasteiger partial charge in [-0.1, -0.05) is 30.3 Å². The van der Waals surface area contributed by atoms with Gasteiger partial charge in [0.15, 0.2) is 0 Å². The van der Waals surface area contributed by atoms with E-state index in [1.807, 2.05) is 42.6 Å². The number of hydrogen-bond donors (Lipinski definition) is 1. The lowest BCUT2D eigenvalue weighted by Gasteiger charge is -2.35. The molecule has 27 heavy (non-hydrogen) atoms. The summed E-state index contributed by atoms with van der Waals surface area (Å²) in [6.07, 6.45) is 7.76. The molecule has 1 amide bonds. The van der Waals surface area contributed by atoms with E-state index in [1.54, 1.807) is 12.4 Å². The number of aryl methyl sites for hydroxylation is 2. The van der Waals surface area contributed by atoms with Crippen molar-refractivity contribution in [2.75, 3.05) is 6.54 Å². The smallest absolute Gasteiger partial charge is 0.253 e. The van der Waals surface area contributed by atoms with Gasteiger partial charge in [-0.2, -0.15) is 0 Å². The SMILES string of the molecule is Cc1c(C(=O)NCC2CC(OCc3ccccc3)C2)c(C)n2ccncc12. The van der Waals surface area contributed by atoms with Crippen molar-refractivity contribution in [3.8, 4) is 0 Å². The van der Waals surface area contributed by atoms with Crippen molar-refractivity contribution in [1.82, 2.24) is 14.7 Å². The summed E-state index contributed by atoms with van der Waals surface area (Å²) >= 11 is 0. The van der Waals surface area contributed by atoms with Crippen LogP contribution in [-0.4, -0.2) is 27.9 Å². The molecule has 0 spiro atoms. The first-order valence-corrected chi connectivity index (χ1v) is 9.48. The highest BCUT2D eigenvalue weighted by molar-refractivity contribution is 5.99. The number of ether oxygens (including phenoxy) is 1. The lowest BCUT2D eigenvalue weighted by molar-refractivity contribution is -0.0391. The van der Waals surface area contributed by atoms with Crippen LogP contribution in [-0.2, 0) is 11.3 Å². The van der Waals surface area contributed by atoms with Crippen LogP contribution in [0.25, 0.3) is 5.52 Å². The molecule has 0 saturated heterocycles. The highest BCUT2D eigenvalue weighted by Crippen LogP contribution is 2.30. The quantitative estimate of drug-likeness (QED) is 0.727. The number of aromatic nitrogens is 2. The third kappa shape index (κ3) is 3.60. The summed E-state index contributed by atoms with van der Waals surface area (Å²) in [5.41, 5.74) is 4.89. The zero-order valence-corrected chi connectivity index (χ0v) is 15.8. The van der Waals surface area contributed by atoms with Gasteiger partial charge < -0.3 is 14.5 Å². The Balaban J connectivity index is 1.27. The van der Waals surface area contributed by atoms with E-state index in [4.69, 9.17) is 4.74 Å². The van der Waals surface area contributed by atoms with Crippen molar-refractivity contribution < 1.29 is 9.53 Å². The zero-order valence-electron chi connectivity index (χ0n) is 15.8. The predicted molar refractivity (Wildman–Crippen MR) is 105 cm³/mol. The second-order valence-corrected chi connectivity index (χ2v) is 7.38. The molecule has 1 aliphatic rings. The monoisotopic (exact) mass is 363 g/mol. The number of hydrogen-bond acceptors (Lipinski definition) is 3. The van der Waals surface area contributed by atoms with Crippen LogP contribution in [0.2, 0.25) is 0 Å². The fraction of sp³-hybridized carbons (Fsp3) is 0.364. The van der Waals surface area contributed by atoms with Crippen LogP contribution >= 0.6 is 0 Å². The Labute approximate surface area is 159 Å². The minimum Gasteiger partial charge on any atom is -0.374 e. The van der Waals surface area contributed by atoms with E-state index in [9.17, 15) is 4.79 Å². The Bertz CT molecular complexity index is 904. The summed E-state index contributed by atoms with van der Waals surface area (Å²) in [6.45, 7) is 5.32. The Kier molecular flexibility index (Phi) is 4.94. The third-order valence-electron chi connectivity index (χ3n) is 5.54. The Hall–Kier alpha value is -2.66. The fourth-order valence-corrected chi connectivity index (χ4v) is 3.88. The molecule has 2 heterocycles. The first kappa shape index (κ1) is 17.7. The Morgan fingerprint density at radius 3 is 2.78 bits per heavy atom. The van der Waals surface area contributed by atoms with Gasteiger partial charge in [0.1, 0.15) is 0 Å². The molecular weight excluding hydrogens is 338 g/mol. The van der Waals surface area contributed by atoms with Crippen molar-refractivity contribution in [2.45, 2.75) is 39.4 Å². The number of amides is 1. The van der Waals surface area contributed by atoms with E-state index in [1.165, 1.54) is 5.56 Å². The summed E-state index contributed by atoms with van der Waals surface area (Å²) in [5.74, 6) is 0.497. The van der Waals surface area contributed by atoms with Crippen LogP contribution < -0.4 is 5.32 Å². The van der Waals surface area contributed by atoms with E-state index in [0.717, 1.165) is 35.2 Å². The van der Waals surface area contributed by atoms with Crippen LogP contribution in [0.4, 0.5) is 0 Å². The molecule has 1 N–H and O–H groups in total. The maximum absolute atomic E-state index is 12.7. The summed E-state index contributed by atoms with van der Waals surface area (Å²) in [6, 6.07) is 10.2. The van der Waals surface area contributed by atoms with Gasteiger partial charge in [-0.15, -0.1) is 0 Å². The normalized spacial score (nSPS) is 19.0. The van der Waals surface area contributed by atoms with Crippen molar-refractivity contribution in [1.29, 1.82) is 0 Å². The number of carbonyl (C=O) groups excluding carboxylic acids is 1. The largest absolute Gasteiger partial charge is 0.374 e. The van der Waals surface area contributed by atoms with Crippen LogP contribution in [0.3, 0.4) is 0 Å². The van der Waals surface area contributed by atoms with Crippen LogP contribution in [0.15, 0.2) is 48.9 Å². The van der Waals surface area contributed by atoms with Crippen molar-refractivity contribution in [3.05, 3.63) is 71.3 Å². The van der Waals surface area contributed by atoms with Crippen molar-refractivity contribution in [3.63, 3.8) is 0 Å². The number of fused-ring (bicyclic) bond motifs is 1. The molecule has 3 aromatic rings. The summed E-state index contributed by atoms with van der Waals surface area (Å²) in [4.78, 5) is 16.9. The molecule has 1 fully saturated rings.